The van der Waals surface area contributed by atoms with Crippen molar-refractivity contribution in [3.05, 3.63) is 79.1 Å². The molecule has 0 radical (unpaired) electrons. The molecule has 0 spiro atoms. The van der Waals surface area contributed by atoms with Crippen molar-refractivity contribution in [2.45, 2.75) is 30.8 Å². The summed E-state index contributed by atoms with van der Waals surface area (Å²) in [5.41, 5.74) is 7.85. The van der Waals surface area contributed by atoms with Gasteiger partial charge in [0, 0.05) is 0 Å². The zero-order chi connectivity index (χ0) is 16.0. The summed E-state index contributed by atoms with van der Waals surface area (Å²) in [5.74, 6) is 4.84. The molecule has 0 bridgehead atoms. The Hall–Kier alpha value is -0.317. The van der Waals surface area contributed by atoms with Gasteiger partial charge in [0.2, 0.25) is 0 Å². The van der Waals surface area contributed by atoms with Crippen LogP contribution in [0.5, 0.6) is 0 Å². The van der Waals surface area contributed by atoms with Crippen LogP contribution in [0.1, 0.15) is 41.9 Å². The SMILES string of the molecule is CC1=C(C)C(C)=[C]([Zr+2][CH]2C(p3cccc3)=Cc3ccccc32)C1.[Cl-].[Cl-]. The van der Waals surface area contributed by atoms with Crippen molar-refractivity contribution in [2.24, 2.45) is 0 Å². The minimum Gasteiger partial charge on any atom is -1.00 e. The Labute approximate surface area is 175 Å². The minimum absolute atomic E-state index is 0. The second kappa shape index (κ2) is 8.58. The van der Waals surface area contributed by atoms with Crippen LogP contribution in [0.2, 0.25) is 0 Å². The molecule has 0 N–H and O–H groups in total. The normalized spacial score (nSPS) is 18.4. The molecule has 0 amide bonds. The van der Waals surface area contributed by atoms with Crippen LogP contribution in [0.3, 0.4) is 0 Å². The summed E-state index contributed by atoms with van der Waals surface area (Å²) in [4.78, 5) is 0. The minimum atomic E-state index is -0.655. The molecule has 25 heavy (non-hydrogen) atoms. The number of allylic oxidation sites excluding steroid dienone is 5. The van der Waals surface area contributed by atoms with Gasteiger partial charge in [0.15, 0.2) is 0 Å². The summed E-state index contributed by atoms with van der Waals surface area (Å²) in [6.45, 7) is 6.98. The number of fused-ring (bicyclic) bond motifs is 1. The van der Waals surface area contributed by atoms with Crippen LogP contribution in [0.4, 0.5) is 0 Å². The molecular formula is C21H21Cl2PZr. The predicted octanol–water partition coefficient (Wildman–Crippen LogP) is 0.831. The molecule has 4 heteroatoms. The summed E-state index contributed by atoms with van der Waals surface area (Å²) < 4.78 is 2.55. The molecule has 0 saturated heterocycles. The van der Waals surface area contributed by atoms with Gasteiger partial charge in [-0.3, -0.25) is 0 Å². The molecule has 0 fully saturated rings. The number of halogens is 2. The van der Waals surface area contributed by atoms with Gasteiger partial charge in [-0.25, -0.2) is 0 Å². The second-order valence-corrected chi connectivity index (χ2v) is 12.1. The Bertz CT molecular complexity index is 860. The second-order valence-electron chi connectivity index (χ2n) is 6.55. The van der Waals surface area contributed by atoms with Crippen LogP contribution in [0, 0.1) is 0 Å². The summed E-state index contributed by atoms with van der Waals surface area (Å²) >= 11 is -0.655. The van der Waals surface area contributed by atoms with Crippen molar-refractivity contribution < 1.29 is 48.0 Å². The Morgan fingerprint density at radius 3 is 2.24 bits per heavy atom. The van der Waals surface area contributed by atoms with E-state index in [1.807, 2.05) is 3.28 Å². The standard InChI is InChI=1S/C13H10P.C8H11.2ClH.Zr/c1-2-6-12-10-13(9-11(12)5-1)14-7-3-4-8-14;1-6-4-5-7(2)8(6)3;;;/h1-10H;4H2,1-3H3;2*1H;/q;;;;+2/p-2. The topological polar surface area (TPSA) is 0 Å². The fraction of sp³-hybridized carbons (Fsp3) is 0.238. The van der Waals surface area contributed by atoms with Gasteiger partial charge in [-0.2, -0.15) is 0 Å². The molecule has 2 aliphatic carbocycles. The zero-order valence-corrected chi connectivity index (χ0v) is 19.5. The molecule has 1 aromatic heterocycles. The van der Waals surface area contributed by atoms with Gasteiger partial charge in [0.1, 0.15) is 0 Å². The van der Waals surface area contributed by atoms with Gasteiger partial charge in [-0.05, 0) is 0 Å². The van der Waals surface area contributed by atoms with E-state index in [4.69, 9.17) is 0 Å². The van der Waals surface area contributed by atoms with Crippen molar-refractivity contribution >= 4 is 18.9 Å². The van der Waals surface area contributed by atoms with Crippen LogP contribution in [0.15, 0.2) is 68.0 Å². The van der Waals surface area contributed by atoms with Crippen LogP contribution in [0.25, 0.3) is 11.4 Å². The Balaban J connectivity index is 0.00000113. The summed E-state index contributed by atoms with van der Waals surface area (Å²) in [5, 5.41) is 1.71. The molecule has 1 heterocycles. The Morgan fingerprint density at radius 1 is 0.920 bits per heavy atom. The number of rotatable bonds is 3. The van der Waals surface area contributed by atoms with E-state index in [-0.39, 0.29) is 32.3 Å². The molecule has 1 unspecified atom stereocenters. The van der Waals surface area contributed by atoms with Gasteiger partial charge in [-0.15, -0.1) is 0 Å². The first-order valence-electron chi connectivity index (χ1n) is 8.22. The molecule has 0 nitrogen and oxygen atoms in total. The van der Waals surface area contributed by atoms with E-state index in [9.17, 15) is 0 Å². The van der Waals surface area contributed by atoms with Crippen molar-refractivity contribution in [1.29, 1.82) is 0 Å². The van der Waals surface area contributed by atoms with E-state index in [0.717, 1.165) is 3.63 Å². The third-order valence-corrected chi connectivity index (χ3v) is 12.2. The predicted molar refractivity (Wildman–Crippen MR) is 98.2 cm³/mol. The fourth-order valence-corrected chi connectivity index (χ4v) is 11.2. The molecular weight excluding hydrogens is 445 g/mol. The van der Waals surface area contributed by atoms with E-state index >= 15 is 0 Å². The van der Waals surface area contributed by atoms with Crippen molar-refractivity contribution in [2.75, 3.05) is 0 Å². The van der Waals surface area contributed by atoms with Crippen LogP contribution in [-0.2, 0) is 23.2 Å². The maximum Gasteiger partial charge on any atom is -1.00 e. The van der Waals surface area contributed by atoms with Crippen LogP contribution in [-0.4, -0.2) is 0 Å². The molecule has 2 aromatic rings. The Kier molecular flexibility index (Phi) is 7.20. The first-order chi connectivity index (χ1) is 11.1. The number of hydrogen-bond donors (Lipinski definition) is 0. The third-order valence-electron chi connectivity index (χ3n) is 5.22. The summed E-state index contributed by atoms with van der Waals surface area (Å²) in [6, 6.07) is 13.5. The zero-order valence-electron chi connectivity index (χ0n) is 14.7. The van der Waals surface area contributed by atoms with Crippen LogP contribution >= 0.6 is 7.53 Å². The maximum atomic E-state index is 2.50. The van der Waals surface area contributed by atoms with E-state index in [0.29, 0.717) is 0 Å². The molecule has 1 atom stereocenters. The Morgan fingerprint density at radius 2 is 1.60 bits per heavy atom. The van der Waals surface area contributed by atoms with Crippen LogP contribution < -0.4 is 24.8 Å². The van der Waals surface area contributed by atoms with Gasteiger partial charge in [0.05, 0.1) is 0 Å². The smallest absolute Gasteiger partial charge is 1.00 e. The van der Waals surface area contributed by atoms with E-state index in [2.05, 4.69) is 74.8 Å². The molecule has 0 saturated carbocycles. The van der Waals surface area contributed by atoms with Gasteiger partial charge >= 0.3 is 152 Å². The van der Waals surface area contributed by atoms with Crippen molar-refractivity contribution in [1.82, 2.24) is 0 Å². The fourth-order valence-electron chi connectivity index (χ4n) is 3.60. The summed E-state index contributed by atoms with van der Waals surface area (Å²) in [6.07, 6.45) is 3.75. The molecule has 0 aliphatic heterocycles. The quantitative estimate of drug-likeness (QED) is 0.629. The van der Waals surface area contributed by atoms with E-state index in [1.54, 1.807) is 27.6 Å². The summed E-state index contributed by atoms with van der Waals surface area (Å²) in [7, 11) is -0.182. The number of benzene rings is 1. The average molecular weight is 467 g/mol. The molecule has 4 rings (SSSR count). The third kappa shape index (κ3) is 3.86. The first-order valence-corrected chi connectivity index (χ1v) is 12.3. The molecule has 2 aliphatic rings. The first kappa shape index (κ1) is 21.0. The van der Waals surface area contributed by atoms with E-state index < -0.39 is 23.2 Å². The average Bonchev–Trinajstić information content (AvgIpc) is 3.25. The van der Waals surface area contributed by atoms with Gasteiger partial charge in [0.25, 0.3) is 0 Å². The maximum absolute atomic E-state index is 2.50. The molecule has 1 aromatic carbocycles. The van der Waals surface area contributed by atoms with E-state index in [1.165, 1.54) is 12.0 Å². The molecule has 128 valence electrons. The van der Waals surface area contributed by atoms with Crippen molar-refractivity contribution in [3.63, 3.8) is 0 Å². The number of hydrogen-bond acceptors (Lipinski definition) is 0. The van der Waals surface area contributed by atoms with Gasteiger partial charge in [-0.1, -0.05) is 0 Å². The van der Waals surface area contributed by atoms with Gasteiger partial charge < -0.3 is 24.8 Å². The monoisotopic (exact) mass is 464 g/mol. The van der Waals surface area contributed by atoms with Crippen molar-refractivity contribution in [3.8, 4) is 0 Å². The largest absolute Gasteiger partial charge is 1.00 e.